The molecular formula is C12H21NO3. The van der Waals surface area contributed by atoms with Crippen LogP contribution in [0.2, 0.25) is 0 Å². The number of nitrogens with zero attached hydrogens (tertiary/aromatic N) is 1. The Labute approximate surface area is 96.6 Å². The van der Waals surface area contributed by atoms with Crippen LogP contribution in [0.4, 0.5) is 0 Å². The van der Waals surface area contributed by atoms with Gasteiger partial charge >= 0.3 is 5.97 Å². The smallest absolute Gasteiger partial charge is 0.329 e. The number of carboxylic acids is 1. The summed E-state index contributed by atoms with van der Waals surface area (Å²) >= 11 is 0. The highest BCUT2D eigenvalue weighted by Gasteiger charge is 2.48. The molecule has 0 aliphatic carbocycles. The van der Waals surface area contributed by atoms with Crippen LogP contribution in [0.5, 0.6) is 0 Å². The first-order valence-electron chi connectivity index (χ1n) is 6.06. The van der Waals surface area contributed by atoms with Crippen molar-refractivity contribution in [1.82, 2.24) is 4.90 Å². The van der Waals surface area contributed by atoms with Crippen LogP contribution in [0.1, 0.15) is 52.4 Å². The molecular weight excluding hydrogens is 206 g/mol. The number of carboxylic acid groups (broad SMARTS) is 1. The number of carbonyl (C=O) groups is 2. The number of unbranched alkanes of at least 4 members (excludes halogenated alkanes) is 2. The van der Waals surface area contributed by atoms with Crippen LogP contribution < -0.4 is 0 Å². The van der Waals surface area contributed by atoms with Crippen LogP contribution in [0.25, 0.3) is 0 Å². The lowest BCUT2D eigenvalue weighted by atomic mass is 9.89. The van der Waals surface area contributed by atoms with Gasteiger partial charge in [-0.05, 0) is 19.3 Å². The molecule has 0 bridgehead atoms. The fraction of sp³-hybridized carbons (Fsp3) is 0.833. The van der Waals surface area contributed by atoms with E-state index in [4.69, 9.17) is 0 Å². The summed E-state index contributed by atoms with van der Waals surface area (Å²) in [5, 5.41) is 9.39. The highest BCUT2D eigenvalue weighted by Crippen LogP contribution is 2.34. The zero-order valence-corrected chi connectivity index (χ0v) is 10.2. The summed E-state index contributed by atoms with van der Waals surface area (Å²) in [7, 11) is 0. The zero-order valence-electron chi connectivity index (χ0n) is 10.2. The molecule has 1 N–H and O–H groups in total. The molecule has 0 radical (unpaired) electrons. The summed E-state index contributed by atoms with van der Waals surface area (Å²) in [4.78, 5) is 24.4. The van der Waals surface area contributed by atoms with Crippen LogP contribution >= 0.6 is 0 Å². The average Bonchev–Trinajstić information content (AvgIpc) is 2.63. The van der Waals surface area contributed by atoms with Crippen LogP contribution in [-0.2, 0) is 9.59 Å². The monoisotopic (exact) mass is 227 g/mol. The SMILES string of the molecule is CCCCC[C@@]1(C(=O)O)CCCN1C(C)=O. The number of rotatable bonds is 5. The molecule has 92 valence electrons. The maximum atomic E-state index is 11.5. The number of hydrogen-bond donors (Lipinski definition) is 1. The molecule has 0 aromatic carbocycles. The van der Waals surface area contributed by atoms with Crippen LogP contribution in [0.15, 0.2) is 0 Å². The van der Waals surface area contributed by atoms with E-state index in [2.05, 4.69) is 6.92 Å². The molecule has 16 heavy (non-hydrogen) atoms. The van der Waals surface area contributed by atoms with Crippen molar-refractivity contribution in [1.29, 1.82) is 0 Å². The van der Waals surface area contributed by atoms with Gasteiger partial charge in [0.05, 0.1) is 0 Å². The summed E-state index contributed by atoms with van der Waals surface area (Å²) in [6.45, 7) is 4.14. The Kier molecular flexibility index (Phi) is 4.33. The molecule has 1 rings (SSSR count). The first-order chi connectivity index (χ1) is 7.54. The Morgan fingerprint density at radius 2 is 2.06 bits per heavy atom. The molecule has 0 aromatic heterocycles. The second-order valence-corrected chi connectivity index (χ2v) is 4.57. The van der Waals surface area contributed by atoms with Crippen molar-refractivity contribution in [3.8, 4) is 0 Å². The van der Waals surface area contributed by atoms with Crippen molar-refractivity contribution < 1.29 is 14.7 Å². The molecule has 0 saturated carbocycles. The molecule has 1 atom stereocenters. The first kappa shape index (κ1) is 13.0. The van der Waals surface area contributed by atoms with Gasteiger partial charge in [-0.1, -0.05) is 26.2 Å². The summed E-state index contributed by atoms with van der Waals surface area (Å²) in [6.07, 6.45) is 4.97. The van der Waals surface area contributed by atoms with E-state index in [0.717, 1.165) is 25.7 Å². The van der Waals surface area contributed by atoms with Crippen molar-refractivity contribution in [2.45, 2.75) is 57.9 Å². The van der Waals surface area contributed by atoms with Crippen LogP contribution in [0, 0.1) is 0 Å². The minimum Gasteiger partial charge on any atom is -0.479 e. The summed E-state index contributed by atoms with van der Waals surface area (Å²) in [6, 6.07) is 0. The van der Waals surface area contributed by atoms with Gasteiger partial charge in [-0.3, -0.25) is 4.79 Å². The largest absolute Gasteiger partial charge is 0.479 e. The third-order valence-corrected chi connectivity index (χ3v) is 3.46. The molecule has 1 amide bonds. The van der Waals surface area contributed by atoms with Crippen molar-refractivity contribution in [3.05, 3.63) is 0 Å². The Hall–Kier alpha value is -1.06. The predicted molar refractivity (Wildman–Crippen MR) is 61.1 cm³/mol. The Balaban J connectivity index is 2.78. The molecule has 1 fully saturated rings. The maximum Gasteiger partial charge on any atom is 0.329 e. The lowest BCUT2D eigenvalue weighted by Gasteiger charge is -2.34. The molecule has 1 heterocycles. The zero-order chi connectivity index (χ0) is 12.2. The van der Waals surface area contributed by atoms with E-state index in [0.29, 0.717) is 19.4 Å². The van der Waals surface area contributed by atoms with Gasteiger partial charge in [0.1, 0.15) is 5.54 Å². The lowest BCUT2D eigenvalue weighted by molar-refractivity contribution is -0.156. The second-order valence-electron chi connectivity index (χ2n) is 4.57. The molecule has 0 unspecified atom stereocenters. The lowest BCUT2D eigenvalue weighted by Crippen LogP contribution is -2.52. The Bertz CT molecular complexity index is 277. The van der Waals surface area contributed by atoms with E-state index in [1.54, 1.807) is 4.90 Å². The molecule has 1 saturated heterocycles. The summed E-state index contributed by atoms with van der Waals surface area (Å²) in [5.41, 5.74) is -0.916. The third-order valence-electron chi connectivity index (χ3n) is 3.46. The number of carbonyl (C=O) groups excluding carboxylic acids is 1. The molecule has 0 spiro atoms. The van der Waals surface area contributed by atoms with Gasteiger partial charge in [0.2, 0.25) is 5.91 Å². The van der Waals surface area contributed by atoms with Crippen molar-refractivity contribution in [2.75, 3.05) is 6.54 Å². The van der Waals surface area contributed by atoms with Crippen LogP contribution in [0.3, 0.4) is 0 Å². The fourth-order valence-electron chi connectivity index (χ4n) is 2.59. The number of likely N-dealkylation sites (tertiary alicyclic amines) is 1. The first-order valence-corrected chi connectivity index (χ1v) is 6.06. The van der Waals surface area contributed by atoms with Crippen molar-refractivity contribution in [2.24, 2.45) is 0 Å². The highest BCUT2D eigenvalue weighted by atomic mass is 16.4. The Morgan fingerprint density at radius 3 is 2.56 bits per heavy atom. The maximum absolute atomic E-state index is 11.5. The predicted octanol–water partition coefficient (Wildman–Crippen LogP) is 2.03. The summed E-state index contributed by atoms with van der Waals surface area (Å²) < 4.78 is 0. The van der Waals surface area contributed by atoms with E-state index in [1.807, 2.05) is 0 Å². The quantitative estimate of drug-likeness (QED) is 0.731. The topological polar surface area (TPSA) is 57.6 Å². The molecule has 0 aromatic rings. The average molecular weight is 227 g/mol. The number of amides is 1. The van der Waals surface area contributed by atoms with Crippen LogP contribution in [-0.4, -0.2) is 34.0 Å². The third kappa shape index (κ3) is 2.36. The van der Waals surface area contributed by atoms with E-state index in [-0.39, 0.29) is 5.91 Å². The van der Waals surface area contributed by atoms with Gasteiger partial charge in [-0.2, -0.15) is 0 Å². The Morgan fingerprint density at radius 1 is 1.38 bits per heavy atom. The molecule has 1 aliphatic heterocycles. The molecule has 1 aliphatic rings. The minimum atomic E-state index is -0.916. The van der Waals surface area contributed by atoms with Gasteiger partial charge in [0.15, 0.2) is 0 Å². The van der Waals surface area contributed by atoms with E-state index in [9.17, 15) is 14.7 Å². The van der Waals surface area contributed by atoms with Crippen molar-refractivity contribution >= 4 is 11.9 Å². The number of hydrogen-bond acceptors (Lipinski definition) is 2. The van der Waals surface area contributed by atoms with Gasteiger partial charge < -0.3 is 10.0 Å². The standard InChI is InChI=1S/C12H21NO3/c1-3-4-5-7-12(11(15)16)8-6-9-13(12)10(2)14/h3-9H2,1-2H3,(H,15,16)/t12-/m0/s1. The highest BCUT2D eigenvalue weighted by molar-refractivity contribution is 5.86. The van der Waals surface area contributed by atoms with Gasteiger partial charge in [-0.25, -0.2) is 4.79 Å². The second kappa shape index (κ2) is 5.32. The van der Waals surface area contributed by atoms with Crippen molar-refractivity contribution in [3.63, 3.8) is 0 Å². The fourth-order valence-corrected chi connectivity index (χ4v) is 2.59. The molecule has 4 nitrogen and oxygen atoms in total. The minimum absolute atomic E-state index is 0.114. The van der Waals surface area contributed by atoms with Gasteiger partial charge in [-0.15, -0.1) is 0 Å². The van der Waals surface area contributed by atoms with Gasteiger partial charge in [0, 0.05) is 13.5 Å². The normalized spacial score (nSPS) is 24.8. The van der Waals surface area contributed by atoms with E-state index in [1.165, 1.54) is 6.92 Å². The van der Waals surface area contributed by atoms with Gasteiger partial charge in [0.25, 0.3) is 0 Å². The van der Waals surface area contributed by atoms with E-state index < -0.39 is 11.5 Å². The van der Waals surface area contributed by atoms with E-state index >= 15 is 0 Å². The number of aliphatic carboxylic acids is 1. The molecule has 4 heteroatoms. The summed E-state index contributed by atoms with van der Waals surface area (Å²) in [5.74, 6) is -0.951.